The van der Waals surface area contributed by atoms with Crippen LogP contribution < -0.4 is 0 Å². The number of hydrogen-bond acceptors (Lipinski definition) is 2. The molecule has 0 bridgehead atoms. The SMILES string of the molecule is CC(=O)c1ccc(-c2cccc(C(=O)O)c2Cl)cc1. The molecule has 2 aromatic rings. The number of Topliss-reactive ketones (excluding diaryl/α,β-unsaturated/α-hetero) is 1. The lowest BCUT2D eigenvalue weighted by Gasteiger charge is -2.07. The van der Waals surface area contributed by atoms with Crippen LogP contribution in [0.25, 0.3) is 11.1 Å². The number of carbonyl (C=O) groups excluding carboxylic acids is 1. The van der Waals surface area contributed by atoms with Gasteiger partial charge in [-0.2, -0.15) is 0 Å². The highest BCUT2D eigenvalue weighted by molar-refractivity contribution is 6.36. The van der Waals surface area contributed by atoms with Crippen molar-refractivity contribution >= 4 is 23.4 Å². The molecule has 0 fully saturated rings. The predicted octanol–water partition coefficient (Wildman–Crippen LogP) is 3.91. The van der Waals surface area contributed by atoms with Gasteiger partial charge in [0.2, 0.25) is 0 Å². The molecule has 0 radical (unpaired) electrons. The minimum absolute atomic E-state index is 0.0167. The number of benzene rings is 2. The number of rotatable bonds is 3. The van der Waals surface area contributed by atoms with Crippen molar-refractivity contribution in [3.63, 3.8) is 0 Å². The van der Waals surface area contributed by atoms with Gasteiger partial charge < -0.3 is 5.11 Å². The van der Waals surface area contributed by atoms with Gasteiger partial charge in [0.25, 0.3) is 0 Å². The van der Waals surface area contributed by atoms with E-state index in [0.717, 1.165) is 5.56 Å². The van der Waals surface area contributed by atoms with Gasteiger partial charge in [0.1, 0.15) is 0 Å². The fourth-order valence-corrected chi connectivity index (χ4v) is 2.12. The number of aromatic carboxylic acids is 1. The second-order valence-corrected chi connectivity index (χ2v) is 4.48. The Kier molecular flexibility index (Phi) is 3.67. The van der Waals surface area contributed by atoms with Crippen molar-refractivity contribution in [1.82, 2.24) is 0 Å². The third-order valence-corrected chi connectivity index (χ3v) is 3.24. The Bertz CT molecular complexity index is 645. The largest absolute Gasteiger partial charge is 0.478 e. The van der Waals surface area contributed by atoms with Gasteiger partial charge in [0.15, 0.2) is 5.78 Å². The molecule has 19 heavy (non-hydrogen) atoms. The van der Waals surface area contributed by atoms with Crippen molar-refractivity contribution in [2.24, 2.45) is 0 Å². The van der Waals surface area contributed by atoms with E-state index in [1.54, 1.807) is 36.4 Å². The van der Waals surface area contributed by atoms with Crippen molar-refractivity contribution in [2.45, 2.75) is 6.92 Å². The van der Waals surface area contributed by atoms with Crippen LogP contribution in [0.1, 0.15) is 27.6 Å². The Morgan fingerprint density at radius 3 is 2.21 bits per heavy atom. The van der Waals surface area contributed by atoms with Crippen molar-refractivity contribution in [3.8, 4) is 11.1 Å². The van der Waals surface area contributed by atoms with Gasteiger partial charge in [-0.3, -0.25) is 4.79 Å². The number of ketones is 1. The molecule has 0 aliphatic carbocycles. The maximum atomic E-state index is 11.2. The lowest BCUT2D eigenvalue weighted by Crippen LogP contribution is -1.98. The van der Waals surface area contributed by atoms with Gasteiger partial charge in [-0.25, -0.2) is 4.79 Å². The van der Waals surface area contributed by atoms with E-state index in [4.69, 9.17) is 16.7 Å². The number of halogens is 1. The lowest BCUT2D eigenvalue weighted by molar-refractivity contribution is 0.0697. The first-order valence-electron chi connectivity index (χ1n) is 5.64. The molecule has 3 nitrogen and oxygen atoms in total. The van der Waals surface area contributed by atoms with Crippen molar-refractivity contribution in [1.29, 1.82) is 0 Å². The Hall–Kier alpha value is -2.13. The summed E-state index contributed by atoms with van der Waals surface area (Å²) in [7, 11) is 0. The monoisotopic (exact) mass is 274 g/mol. The zero-order chi connectivity index (χ0) is 14.0. The summed E-state index contributed by atoms with van der Waals surface area (Å²) in [6.07, 6.45) is 0. The summed E-state index contributed by atoms with van der Waals surface area (Å²) in [5, 5.41) is 9.22. The Morgan fingerprint density at radius 2 is 1.68 bits per heavy atom. The normalized spacial score (nSPS) is 10.2. The van der Waals surface area contributed by atoms with Crippen molar-refractivity contribution in [2.75, 3.05) is 0 Å². The van der Waals surface area contributed by atoms with Crippen LogP contribution in [0.15, 0.2) is 42.5 Å². The summed E-state index contributed by atoms with van der Waals surface area (Å²) in [5.41, 5.74) is 2.08. The number of hydrogen-bond donors (Lipinski definition) is 1. The molecule has 96 valence electrons. The third kappa shape index (κ3) is 2.66. The van der Waals surface area contributed by atoms with Crippen LogP contribution in [0.2, 0.25) is 5.02 Å². The summed E-state index contributed by atoms with van der Waals surface area (Å²) >= 11 is 6.09. The van der Waals surface area contributed by atoms with Crippen LogP contribution in [0, 0.1) is 0 Å². The molecule has 0 saturated heterocycles. The molecule has 2 rings (SSSR count). The first-order chi connectivity index (χ1) is 9.00. The van der Waals surface area contributed by atoms with E-state index in [9.17, 15) is 9.59 Å². The van der Waals surface area contributed by atoms with Crippen molar-refractivity contribution < 1.29 is 14.7 Å². The maximum absolute atomic E-state index is 11.2. The second-order valence-electron chi connectivity index (χ2n) is 4.11. The van der Waals surface area contributed by atoms with E-state index in [0.29, 0.717) is 11.1 Å². The fraction of sp³-hybridized carbons (Fsp3) is 0.0667. The Labute approximate surface area is 115 Å². The van der Waals surface area contributed by atoms with Gasteiger partial charge in [0, 0.05) is 11.1 Å². The van der Waals surface area contributed by atoms with Gasteiger partial charge >= 0.3 is 5.97 Å². The van der Waals surface area contributed by atoms with E-state index in [-0.39, 0.29) is 16.4 Å². The average molecular weight is 275 g/mol. The molecular weight excluding hydrogens is 264 g/mol. The molecule has 0 unspecified atom stereocenters. The average Bonchev–Trinajstić information content (AvgIpc) is 2.38. The zero-order valence-electron chi connectivity index (χ0n) is 10.2. The minimum Gasteiger partial charge on any atom is -0.478 e. The number of carbonyl (C=O) groups is 2. The fourth-order valence-electron chi connectivity index (χ4n) is 1.80. The smallest absolute Gasteiger partial charge is 0.337 e. The molecule has 0 aliphatic heterocycles. The summed E-state index contributed by atoms with van der Waals surface area (Å²) in [6, 6.07) is 11.7. The van der Waals surface area contributed by atoms with Gasteiger partial charge in [-0.05, 0) is 18.6 Å². The van der Waals surface area contributed by atoms with Crippen LogP contribution >= 0.6 is 11.6 Å². The van der Waals surface area contributed by atoms with E-state index >= 15 is 0 Å². The van der Waals surface area contributed by atoms with Crippen LogP contribution in [0.3, 0.4) is 0 Å². The van der Waals surface area contributed by atoms with E-state index < -0.39 is 5.97 Å². The molecule has 1 N–H and O–H groups in total. The van der Waals surface area contributed by atoms with E-state index in [1.807, 2.05) is 0 Å². The van der Waals surface area contributed by atoms with Gasteiger partial charge in [0.05, 0.1) is 10.6 Å². The highest BCUT2D eigenvalue weighted by Gasteiger charge is 2.13. The van der Waals surface area contributed by atoms with Crippen LogP contribution in [0.5, 0.6) is 0 Å². The van der Waals surface area contributed by atoms with Crippen molar-refractivity contribution in [3.05, 3.63) is 58.6 Å². The van der Waals surface area contributed by atoms with E-state index in [2.05, 4.69) is 0 Å². The molecule has 2 aromatic carbocycles. The summed E-state index contributed by atoms with van der Waals surface area (Å²) in [5.74, 6) is -1.08. The highest BCUT2D eigenvalue weighted by atomic mass is 35.5. The third-order valence-electron chi connectivity index (χ3n) is 2.83. The maximum Gasteiger partial charge on any atom is 0.337 e. The lowest BCUT2D eigenvalue weighted by atomic mass is 10.0. The zero-order valence-corrected chi connectivity index (χ0v) is 10.9. The summed E-state index contributed by atoms with van der Waals surface area (Å²) in [4.78, 5) is 22.2. The van der Waals surface area contributed by atoms with Gasteiger partial charge in [-0.15, -0.1) is 0 Å². The summed E-state index contributed by atoms with van der Waals surface area (Å²) in [6.45, 7) is 1.49. The molecule has 0 spiro atoms. The predicted molar refractivity (Wildman–Crippen MR) is 73.9 cm³/mol. The Balaban J connectivity index is 2.50. The number of carboxylic acid groups (broad SMARTS) is 1. The topological polar surface area (TPSA) is 54.4 Å². The molecule has 0 amide bonds. The molecule has 0 heterocycles. The molecule has 0 saturated carbocycles. The molecule has 0 atom stereocenters. The van der Waals surface area contributed by atoms with Crippen LogP contribution in [-0.4, -0.2) is 16.9 Å². The van der Waals surface area contributed by atoms with Crippen LogP contribution in [-0.2, 0) is 0 Å². The standard InChI is InChI=1S/C15H11ClO3/c1-9(17)10-5-7-11(8-6-10)12-3-2-4-13(14(12)16)15(18)19/h2-8H,1H3,(H,18,19). The Morgan fingerprint density at radius 1 is 1.05 bits per heavy atom. The molecule has 0 aliphatic rings. The quantitative estimate of drug-likeness (QED) is 0.864. The van der Waals surface area contributed by atoms with Gasteiger partial charge in [-0.1, -0.05) is 48.0 Å². The highest BCUT2D eigenvalue weighted by Crippen LogP contribution is 2.30. The molecule has 0 aromatic heterocycles. The first-order valence-corrected chi connectivity index (χ1v) is 6.01. The molecule has 4 heteroatoms. The minimum atomic E-state index is -1.06. The first kappa shape index (κ1) is 13.3. The molecular formula is C15H11ClO3. The van der Waals surface area contributed by atoms with Crippen LogP contribution in [0.4, 0.5) is 0 Å². The summed E-state index contributed by atoms with van der Waals surface area (Å²) < 4.78 is 0. The number of carboxylic acids is 1. The second kappa shape index (κ2) is 5.24. The van der Waals surface area contributed by atoms with E-state index in [1.165, 1.54) is 13.0 Å².